The summed E-state index contributed by atoms with van der Waals surface area (Å²) in [5.74, 6) is 2.52. The third kappa shape index (κ3) is 8.91. The van der Waals surface area contributed by atoms with Gasteiger partial charge in [0.1, 0.15) is 24.2 Å². The summed E-state index contributed by atoms with van der Waals surface area (Å²) in [6, 6.07) is 11.5. The Bertz CT molecular complexity index is 1090. The van der Waals surface area contributed by atoms with Gasteiger partial charge in [-0.15, -0.1) is 0 Å². The molecule has 2 heterocycles. The summed E-state index contributed by atoms with van der Waals surface area (Å²) >= 11 is 0. The Balaban J connectivity index is 1.55. The Morgan fingerprint density at radius 3 is 2.47 bits per heavy atom. The van der Waals surface area contributed by atoms with Crippen LogP contribution in [0.15, 0.2) is 47.0 Å². The summed E-state index contributed by atoms with van der Waals surface area (Å²) in [6.45, 7) is 7.31. The molecule has 3 aromatic rings. The highest BCUT2D eigenvalue weighted by Gasteiger charge is 2.21. The number of aliphatic hydroxyl groups is 2. The Morgan fingerprint density at radius 2 is 1.76 bits per heavy atom. The van der Waals surface area contributed by atoms with Crippen molar-refractivity contribution in [3.8, 4) is 11.5 Å². The molecule has 210 valence electrons. The summed E-state index contributed by atoms with van der Waals surface area (Å²) < 4.78 is 11.7. The zero-order valence-electron chi connectivity index (χ0n) is 23.2. The van der Waals surface area contributed by atoms with Gasteiger partial charge in [-0.25, -0.2) is 0 Å². The maximum Gasteiger partial charge on any atom is 0.161 e. The van der Waals surface area contributed by atoms with Crippen molar-refractivity contribution >= 4 is 0 Å². The molecular weight excluding hydrogens is 482 g/mol. The van der Waals surface area contributed by atoms with Gasteiger partial charge < -0.3 is 40.1 Å². The number of H-pyrrole nitrogens is 1. The van der Waals surface area contributed by atoms with E-state index < -0.39 is 12.2 Å². The van der Waals surface area contributed by atoms with Crippen LogP contribution in [-0.4, -0.2) is 59.2 Å². The lowest BCUT2D eigenvalue weighted by atomic mass is 9.94. The molecular formula is C30H45N3O5. The largest absolute Gasteiger partial charge is 0.504 e. The van der Waals surface area contributed by atoms with Gasteiger partial charge in [0.25, 0.3) is 0 Å². The molecule has 38 heavy (non-hydrogen) atoms. The number of phenolic OH excluding ortho intramolecular Hbond substituents is 1. The maximum atomic E-state index is 10.8. The highest BCUT2D eigenvalue weighted by Crippen LogP contribution is 2.29. The second-order valence-electron chi connectivity index (χ2n) is 10.2. The number of ether oxygens (including phenoxy) is 1. The molecule has 0 spiro atoms. The summed E-state index contributed by atoms with van der Waals surface area (Å²) in [4.78, 5) is 3.16. The highest BCUT2D eigenvalue weighted by molar-refractivity contribution is 5.42. The standard InChI is InChI=1S/C30H45N3O5/c1-5-6-7-24-11-12-25(38-24)10-8-22-9-13-28(35)30(14-22)37-19-29(36)26-15-23(17-33-26)21(3)27(18-31-4)32-16-20(2)34/h9,11-15,17,20-21,27,29,31-36H,5-8,10,16,18-19H2,1-4H3. The minimum Gasteiger partial charge on any atom is -0.504 e. The van der Waals surface area contributed by atoms with E-state index >= 15 is 0 Å². The smallest absolute Gasteiger partial charge is 0.161 e. The van der Waals surface area contributed by atoms with E-state index in [0.717, 1.165) is 61.3 Å². The molecule has 0 radical (unpaired) electrons. The summed E-state index contributed by atoms with van der Waals surface area (Å²) in [7, 11) is 1.90. The molecule has 0 saturated carbocycles. The number of aromatic hydroxyl groups is 1. The van der Waals surface area contributed by atoms with Crippen LogP contribution >= 0.6 is 0 Å². The normalized spacial score (nSPS) is 14.8. The number of hydrogen-bond acceptors (Lipinski definition) is 7. The second-order valence-corrected chi connectivity index (χ2v) is 10.2. The van der Waals surface area contributed by atoms with Crippen LogP contribution in [0.2, 0.25) is 0 Å². The van der Waals surface area contributed by atoms with Gasteiger partial charge in [0.15, 0.2) is 11.5 Å². The number of aromatic amines is 1. The number of likely N-dealkylation sites (N-methyl/N-ethyl adjacent to an activating group) is 1. The molecule has 3 rings (SSSR count). The maximum absolute atomic E-state index is 10.8. The molecule has 8 nitrogen and oxygen atoms in total. The average Bonchev–Trinajstić information content (AvgIpc) is 3.58. The zero-order chi connectivity index (χ0) is 27.5. The van der Waals surface area contributed by atoms with Gasteiger partial charge in [0.2, 0.25) is 0 Å². The average molecular weight is 528 g/mol. The summed E-state index contributed by atoms with van der Waals surface area (Å²) in [5, 5.41) is 37.3. The molecule has 8 heteroatoms. The molecule has 0 fully saturated rings. The molecule has 0 aliphatic heterocycles. The van der Waals surface area contributed by atoms with Crippen molar-refractivity contribution < 1.29 is 24.5 Å². The second kappa shape index (κ2) is 15.0. The number of phenols is 1. The van der Waals surface area contributed by atoms with Crippen LogP contribution in [0.5, 0.6) is 11.5 Å². The number of furan rings is 1. The van der Waals surface area contributed by atoms with E-state index in [9.17, 15) is 15.3 Å². The van der Waals surface area contributed by atoms with Crippen molar-refractivity contribution in [3.63, 3.8) is 0 Å². The van der Waals surface area contributed by atoms with Crippen LogP contribution in [0.3, 0.4) is 0 Å². The van der Waals surface area contributed by atoms with Gasteiger partial charge in [-0.1, -0.05) is 26.3 Å². The number of aryl methyl sites for hydroxylation is 3. The molecule has 0 saturated heterocycles. The lowest BCUT2D eigenvalue weighted by Crippen LogP contribution is -2.43. The number of hydrogen-bond donors (Lipinski definition) is 6. The van der Waals surface area contributed by atoms with E-state index in [1.165, 1.54) is 0 Å². The van der Waals surface area contributed by atoms with Gasteiger partial charge >= 0.3 is 0 Å². The fourth-order valence-electron chi connectivity index (χ4n) is 4.48. The molecule has 4 unspecified atom stereocenters. The fourth-order valence-corrected chi connectivity index (χ4v) is 4.48. The molecule has 1 aromatic carbocycles. The van der Waals surface area contributed by atoms with Crippen LogP contribution in [-0.2, 0) is 19.3 Å². The topological polar surface area (TPSA) is 123 Å². The molecule has 6 N–H and O–H groups in total. The van der Waals surface area contributed by atoms with Crippen LogP contribution in [0.1, 0.15) is 74.0 Å². The SMILES string of the molecule is CCCCc1ccc(CCc2ccc(O)c(OCC(O)c3cc(C(C)C(CNC)NCC(C)O)c[nH]3)c2)o1. The molecule has 0 aliphatic rings. The Labute approximate surface area is 226 Å². The van der Waals surface area contributed by atoms with Crippen molar-refractivity contribution in [1.29, 1.82) is 0 Å². The van der Waals surface area contributed by atoms with E-state index in [-0.39, 0.29) is 24.3 Å². The first-order valence-electron chi connectivity index (χ1n) is 13.7. The Morgan fingerprint density at radius 1 is 1.00 bits per heavy atom. The Hall–Kier alpha value is -2.78. The molecule has 4 atom stereocenters. The number of nitrogens with one attached hydrogen (secondary N) is 3. The van der Waals surface area contributed by atoms with E-state index in [1.807, 2.05) is 37.5 Å². The first kappa shape index (κ1) is 29.8. The lowest BCUT2D eigenvalue weighted by molar-refractivity contribution is 0.103. The molecule has 2 aromatic heterocycles. The van der Waals surface area contributed by atoms with E-state index in [0.29, 0.717) is 18.0 Å². The monoisotopic (exact) mass is 527 g/mol. The number of aliphatic hydroxyl groups excluding tert-OH is 2. The van der Waals surface area contributed by atoms with Crippen LogP contribution in [0.25, 0.3) is 0 Å². The van der Waals surface area contributed by atoms with Gasteiger partial charge in [-0.05, 0) is 74.2 Å². The number of rotatable bonds is 17. The third-order valence-corrected chi connectivity index (χ3v) is 6.89. The number of unbranched alkanes of at least 4 members (excludes halogenated alkanes) is 1. The van der Waals surface area contributed by atoms with Crippen molar-refractivity contribution in [3.05, 3.63) is 70.9 Å². The molecule has 0 amide bonds. The van der Waals surface area contributed by atoms with Crippen LogP contribution in [0.4, 0.5) is 0 Å². The van der Waals surface area contributed by atoms with Gasteiger partial charge in [0, 0.05) is 43.9 Å². The minimum absolute atomic E-state index is 0.00451. The predicted octanol–water partition coefficient (Wildman–Crippen LogP) is 4.22. The van der Waals surface area contributed by atoms with E-state index in [1.54, 1.807) is 13.0 Å². The minimum atomic E-state index is -0.878. The zero-order valence-corrected chi connectivity index (χ0v) is 23.2. The number of aromatic nitrogens is 1. The quantitative estimate of drug-likeness (QED) is 0.155. The first-order valence-corrected chi connectivity index (χ1v) is 13.7. The fraction of sp³-hybridized carbons (Fsp3) is 0.533. The van der Waals surface area contributed by atoms with Gasteiger partial charge in [-0.3, -0.25) is 0 Å². The highest BCUT2D eigenvalue weighted by atomic mass is 16.5. The van der Waals surface area contributed by atoms with Crippen LogP contribution < -0.4 is 15.4 Å². The van der Waals surface area contributed by atoms with Crippen molar-refractivity contribution in [2.24, 2.45) is 0 Å². The van der Waals surface area contributed by atoms with Gasteiger partial charge in [0.05, 0.1) is 6.10 Å². The van der Waals surface area contributed by atoms with Crippen LogP contribution in [0, 0.1) is 0 Å². The predicted molar refractivity (Wildman–Crippen MR) is 150 cm³/mol. The van der Waals surface area contributed by atoms with E-state index in [2.05, 4.69) is 35.5 Å². The van der Waals surface area contributed by atoms with E-state index in [4.69, 9.17) is 9.15 Å². The van der Waals surface area contributed by atoms with Crippen molar-refractivity contribution in [2.75, 3.05) is 26.7 Å². The van der Waals surface area contributed by atoms with Crippen molar-refractivity contribution in [1.82, 2.24) is 15.6 Å². The summed E-state index contributed by atoms with van der Waals surface area (Å²) in [6.07, 6.45) is 5.35. The number of benzene rings is 1. The molecule has 0 aliphatic carbocycles. The van der Waals surface area contributed by atoms with Crippen molar-refractivity contribution in [2.45, 2.75) is 77.0 Å². The first-order chi connectivity index (χ1) is 18.3. The third-order valence-electron chi connectivity index (χ3n) is 6.89. The molecule has 0 bridgehead atoms. The van der Waals surface area contributed by atoms with Gasteiger partial charge in [-0.2, -0.15) is 0 Å². The lowest BCUT2D eigenvalue weighted by Gasteiger charge is -2.25. The summed E-state index contributed by atoms with van der Waals surface area (Å²) in [5.41, 5.74) is 2.73. The Kier molecular flexibility index (Phi) is 11.7.